The Hall–Kier alpha value is -2.36. The van der Waals surface area contributed by atoms with Gasteiger partial charge in [0.25, 0.3) is 0 Å². The molecular formula is C21H28O4. The monoisotopic (exact) mass is 344 g/mol. The Labute approximate surface area is 150 Å². The highest BCUT2D eigenvalue weighted by atomic mass is 16.5. The third-order valence-corrected chi connectivity index (χ3v) is 4.29. The standard InChI is InChI=1S/C21H28O4/c1-5-11-24-19-13-15(7-9-17(19)22)21(3,4)16-8-10-18(23)20(14-16)25-12-6-2/h7-10,13-14,22-23H,5-6,11-12H2,1-4H3. The van der Waals surface area contributed by atoms with E-state index >= 15 is 0 Å². The molecule has 0 bridgehead atoms. The van der Waals surface area contributed by atoms with Crippen molar-refractivity contribution in [1.82, 2.24) is 0 Å². The molecule has 2 N–H and O–H groups in total. The SMILES string of the molecule is CCCOc1cc(C(C)(C)c2ccc(O)c(OCCC)c2)ccc1O. The van der Waals surface area contributed by atoms with Crippen LogP contribution >= 0.6 is 0 Å². The maximum Gasteiger partial charge on any atom is 0.161 e. The molecule has 0 amide bonds. The molecule has 0 aromatic heterocycles. The van der Waals surface area contributed by atoms with Crippen LogP contribution < -0.4 is 9.47 Å². The molecule has 0 fully saturated rings. The van der Waals surface area contributed by atoms with Crippen molar-refractivity contribution in [2.24, 2.45) is 0 Å². The lowest BCUT2D eigenvalue weighted by atomic mass is 9.78. The smallest absolute Gasteiger partial charge is 0.161 e. The number of ether oxygens (including phenoxy) is 2. The number of benzene rings is 2. The summed E-state index contributed by atoms with van der Waals surface area (Å²) in [6.45, 7) is 9.37. The lowest BCUT2D eigenvalue weighted by Gasteiger charge is -2.27. The molecule has 0 saturated carbocycles. The molecule has 0 unspecified atom stereocenters. The Kier molecular flexibility index (Phi) is 6.18. The largest absolute Gasteiger partial charge is 0.504 e. The fourth-order valence-electron chi connectivity index (χ4n) is 2.63. The first-order chi connectivity index (χ1) is 11.9. The maximum absolute atomic E-state index is 10.00. The Morgan fingerprint density at radius 2 is 1.16 bits per heavy atom. The molecule has 0 aliphatic carbocycles. The van der Waals surface area contributed by atoms with E-state index in [1.54, 1.807) is 12.1 Å². The third kappa shape index (κ3) is 4.38. The number of hydrogen-bond donors (Lipinski definition) is 2. The van der Waals surface area contributed by atoms with E-state index in [9.17, 15) is 10.2 Å². The Balaban J connectivity index is 2.37. The minimum absolute atomic E-state index is 0.144. The predicted octanol–water partition coefficient (Wildman–Crippen LogP) is 5.00. The lowest BCUT2D eigenvalue weighted by molar-refractivity contribution is 0.297. The van der Waals surface area contributed by atoms with Crippen LogP contribution in [-0.4, -0.2) is 23.4 Å². The summed E-state index contributed by atoms with van der Waals surface area (Å²) in [5, 5.41) is 20.0. The minimum atomic E-state index is -0.337. The fourth-order valence-corrected chi connectivity index (χ4v) is 2.63. The molecule has 2 aromatic rings. The fraction of sp³-hybridized carbons (Fsp3) is 0.429. The van der Waals surface area contributed by atoms with Gasteiger partial charge in [-0.2, -0.15) is 0 Å². The molecule has 2 rings (SSSR count). The van der Waals surface area contributed by atoms with Gasteiger partial charge in [-0.25, -0.2) is 0 Å². The number of phenolic OH excluding ortho intramolecular Hbond substituents is 2. The van der Waals surface area contributed by atoms with Gasteiger partial charge in [0.1, 0.15) is 0 Å². The molecule has 0 spiro atoms. The van der Waals surface area contributed by atoms with E-state index in [0.29, 0.717) is 24.7 Å². The van der Waals surface area contributed by atoms with Gasteiger partial charge in [-0.05, 0) is 48.2 Å². The second kappa shape index (κ2) is 8.15. The van der Waals surface area contributed by atoms with E-state index in [0.717, 1.165) is 24.0 Å². The van der Waals surface area contributed by atoms with Crippen molar-refractivity contribution in [2.45, 2.75) is 46.0 Å². The number of phenols is 2. The molecule has 2 aromatic carbocycles. The van der Waals surface area contributed by atoms with Crippen molar-refractivity contribution in [3.05, 3.63) is 47.5 Å². The van der Waals surface area contributed by atoms with Gasteiger partial charge in [0, 0.05) is 5.41 Å². The highest BCUT2D eigenvalue weighted by Crippen LogP contribution is 2.39. The molecule has 4 nitrogen and oxygen atoms in total. The van der Waals surface area contributed by atoms with Gasteiger partial charge in [0.05, 0.1) is 13.2 Å². The van der Waals surface area contributed by atoms with E-state index in [-0.39, 0.29) is 16.9 Å². The van der Waals surface area contributed by atoms with Crippen LogP contribution in [0.15, 0.2) is 36.4 Å². The van der Waals surface area contributed by atoms with Gasteiger partial charge in [0.15, 0.2) is 23.0 Å². The zero-order valence-electron chi connectivity index (χ0n) is 15.5. The van der Waals surface area contributed by atoms with Crippen LogP contribution in [-0.2, 0) is 5.41 Å². The van der Waals surface area contributed by atoms with Gasteiger partial charge in [0.2, 0.25) is 0 Å². The molecule has 136 valence electrons. The summed E-state index contributed by atoms with van der Waals surface area (Å²) in [5.74, 6) is 1.28. The molecular weight excluding hydrogens is 316 g/mol. The summed E-state index contributed by atoms with van der Waals surface area (Å²) in [6, 6.07) is 10.9. The summed E-state index contributed by atoms with van der Waals surface area (Å²) in [4.78, 5) is 0. The van der Waals surface area contributed by atoms with Gasteiger partial charge >= 0.3 is 0 Å². The Bertz CT molecular complexity index is 648. The molecule has 0 radical (unpaired) electrons. The van der Waals surface area contributed by atoms with E-state index in [2.05, 4.69) is 13.8 Å². The normalized spacial score (nSPS) is 11.4. The van der Waals surface area contributed by atoms with E-state index in [1.807, 2.05) is 38.1 Å². The zero-order valence-corrected chi connectivity index (χ0v) is 15.5. The van der Waals surface area contributed by atoms with Crippen molar-refractivity contribution in [3.63, 3.8) is 0 Å². The van der Waals surface area contributed by atoms with Gasteiger partial charge in [-0.3, -0.25) is 0 Å². The van der Waals surface area contributed by atoms with Crippen molar-refractivity contribution in [1.29, 1.82) is 0 Å². The van der Waals surface area contributed by atoms with Crippen LogP contribution in [0.5, 0.6) is 23.0 Å². The lowest BCUT2D eigenvalue weighted by Crippen LogP contribution is -2.19. The summed E-state index contributed by atoms with van der Waals surface area (Å²) in [5.41, 5.74) is 1.70. The third-order valence-electron chi connectivity index (χ3n) is 4.29. The number of aromatic hydroxyl groups is 2. The van der Waals surface area contributed by atoms with Gasteiger partial charge in [-0.15, -0.1) is 0 Å². The van der Waals surface area contributed by atoms with Gasteiger partial charge in [-0.1, -0.05) is 39.8 Å². The molecule has 0 heterocycles. The van der Waals surface area contributed by atoms with Crippen molar-refractivity contribution in [2.75, 3.05) is 13.2 Å². The van der Waals surface area contributed by atoms with Crippen molar-refractivity contribution < 1.29 is 19.7 Å². The van der Waals surface area contributed by atoms with Crippen LogP contribution in [0.4, 0.5) is 0 Å². The quantitative estimate of drug-likeness (QED) is 0.707. The molecule has 0 atom stereocenters. The van der Waals surface area contributed by atoms with Crippen LogP contribution in [0.25, 0.3) is 0 Å². The van der Waals surface area contributed by atoms with Crippen LogP contribution in [0.1, 0.15) is 51.7 Å². The number of hydrogen-bond acceptors (Lipinski definition) is 4. The average molecular weight is 344 g/mol. The predicted molar refractivity (Wildman–Crippen MR) is 99.9 cm³/mol. The summed E-state index contributed by atoms with van der Waals surface area (Å²) < 4.78 is 11.3. The highest BCUT2D eigenvalue weighted by molar-refractivity contribution is 5.50. The van der Waals surface area contributed by atoms with Crippen LogP contribution in [0.3, 0.4) is 0 Å². The second-order valence-corrected chi connectivity index (χ2v) is 6.69. The van der Waals surface area contributed by atoms with E-state index in [1.165, 1.54) is 0 Å². The topological polar surface area (TPSA) is 58.9 Å². The molecule has 0 aliphatic rings. The first kappa shape index (κ1) is 19.0. The Morgan fingerprint density at radius 1 is 0.760 bits per heavy atom. The second-order valence-electron chi connectivity index (χ2n) is 6.69. The molecule has 0 saturated heterocycles. The maximum atomic E-state index is 10.00. The Morgan fingerprint density at radius 3 is 1.52 bits per heavy atom. The van der Waals surface area contributed by atoms with E-state index in [4.69, 9.17) is 9.47 Å². The first-order valence-corrected chi connectivity index (χ1v) is 8.82. The summed E-state index contributed by atoms with van der Waals surface area (Å²) >= 11 is 0. The summed E-state index contributed by atoms with van der Waals surface area (Å²) in [6.07, 6.45) is 1.76. The molecule has 0 aliphatic heterocycles. The number of rotatable bonds is 8. The van der Waals surface area contributed by atoms with Gasteiger partial charge < -0.3 is 19.7 Å². The highest BCUT2D eigenvalue weighted by Gasteiger charge is 2.25. The first-order valence-electron chi connectivity index (χ1n) is 8.82. The molecule has 4 heteroatoms. The molecule has 25 heavy (non-hydrogen) atoms. The van der Waals surface area contributed by atoms with E-state index < -0.39 is 0 Å². The van der Waals surface area contributed by atoms with Crippen molar-refractivity contribution in [3.8, 4) is 23.0 Å². The van der Waals surface area contributed by atoms with Crippen molar-refractivity contribution >= 4 is 0 Å². The van der Waals surface area contributed by atoms with Crippen LogP contribution in [0, 0.1) is 0 Å². The summed E-state index contributed by atoms with van der Waals surface area (Å²) in [7, 11) is 0. The minimum Gasteiger partial charge on any atom is -0.504 e. The van der Waals surface area contributed by atoms with Crippen LogP contribution in [0.2, 0.25) is 0 Å². The average Bonchev–Trinajstić information content (AvgIpc) is 2.60. The zero-order chi connectivity index (χ0) is 18.4.